The van der Waals surface area contributed by atoms with E-state index in [2.05, 4.69) is 25.2 Å². The molecule has 11 heavy (non-hydrogen) atoms. The van der Waals surface area contributed by atoms with E-state index in [0.29, 0.717) is 12.2 Å². The van der Waals surface area contributed by atoms with Crippen LogP contribution in [-0.2, 0) is 4.74 Å². The van der Waals surface area contributed by atoms with E-state index in [-0.39, 0.29) is 0 Å². The summed E-state index contributed by atoms with van der Waals surface area (Å²) in [6, 6.07) is 0. The molecule has 2 bridgehead atoms. The number of hydrogen-bond donors (Lipinski definition) is 0. The van der Waals surface area contributed by atoms with Gasteiger partial charge in [-0.1, -0.05) is 37.6 Å². The van der Waals surface area contributed by atoms with Crippen LogP contribution in [0.25, 0.3) is 0 Å². The highest BCUT2D eigenvalue weighted by Gasteiger charge is 2.21. The fourth-order valence-corrected chi connectivity index (χ4v) is 1.40. The number of ether oxygens (including phenoxy) is 1. The van der Waals surface area contributed by atoms with Crippen LogP contribution in [0.4, 0.5) is 0 Å². The van der Waals surface area contributed by atoms with Gasteiger partial charge < -0.3 is 4.74 Å². The topological polar surface area (TPSA) is 9.23 Å². The van der Waals surface area contributed by atoms with Crippen LogP contribution >= 0.6 is 0 Å². The van der Waals surface area contributed by atoms with Crippen LogP contribution in [0.1, 0.15) is 27.2 Å². The van der Waals surface area contributed by atoms with E-state index >= 15 is 0 Å². The lowest BCUT2D eigenvalue weighted by molar-refractivity contribution is 0.0765. The Morgan fingerprint density at radius 2 is 2.09 bits per heavy atom. The molecular weight excluding hydrogens is 136 g/mol. The van der Waals surface area contributed by atoms with E-state index in [1.54, 1.807) is 0 Å². The van der Waals surface area contributed by atoms with E-state index < -0.39 is 0 Å². The smallest absolute Gasteiger partial charge is 0.0949 e. The second-order valence-electron chi connectivity index (χ2n) is 2.74. The molecular formula is C10H16O. The highest BCUT2D eigenvalue weighted by molar-refractivity contribution is 5.21. The lowest BCUT2D eigenvalue weighted by atomic mass is 10.1. The first-order valence-electron chi connectivity index (χ1n) is 4.36. The summed E-state index contributed by atoms with van der Waals surface area (Å²) in [6.45, 7) is 6.16. The minimum absolute atomic E-state index is 0.295. The largest absolute Gasteiger partial charge is 0.362 e. The van der Waals surface area contributed by atoms with Gasteiger partial charge >= 0.3 is 0 Å². The van der Waals surface area contributed by atoms with Gasteiger partial charge in [-0.15, -0.1) is 0 Å². The van der Waals surface area contributed by atoms with Gasteiger partial charge in [-0.05, 0) is 13.3 Å². The Labute approximate surface area is 68.8 Å². The van der Waals surface area contributed by atoms with E-state index in [4.69, 9.17) is 4.74 Å². The Bertz CT molecular complexity index is 179. The van der Waals surface area contributed by atoms with Crippen molar-refractivity contribution in [3.05, 3.63) is 23.8 Å². The Kier molecular flexibility index (Phi) is 2.89. The van der Waals surface area contributed by atoms with Crippen LogP contribution in [0, 0.1) is 0 Å². The first kappa shape index (κ1) is 8.54. The molecule has 0 N–H and O–H groups in total. The Morgan fingerprint density at radius 3 is 2.73 bits per heavy atom. The van der Waals surface area contributed by atoms with Crippen molar-refractivity contribution in [2.24, 2.45) is 0 Å². The van der Waals surface area contributed by atoms with Gasteiger partial charge in [-0.25, -0.2) is 0 Å². The summed E-state index contributed by atoms with van der Waals surface area (Å²) in [5.41, 5.74) is 1.46. The molecule has 0 saturated carbocycles. The van der Waals surface area contributed by atoms with Crippen LogP contribution in [0.5, 0.6) is 0 Å². The number of fused-ring (bicyclic) bond motifs is 2. The second-order valence-corrected chi connectivity index (χ2v) is 2.74. The van der Waals surface area contributed by atoms with Gasteiger partial charge in [-0.3, -0.25) is 0 Å². The van der Waals surface area contributed by atoms with Crippen LogP contribution < -0.4 is 0 Å². The van der Waals surface area contributed by atoms with E-state index in [9.17, 15) is 0 Å². The molecule has 0 aromatic heterocycles. The molecule has 0 saturated heterocycles. The summed E-state index contributed by atoms with van der Waals surface area (Å²) >= 11 is 0. The lowest BCUT2D eigenvalue weighted by Gasteiger charge is -2.17. The molecule has 0 aliphatic carbocycles. The quantitative estimate of drug-likeness (QED) is 0.485. The van der Waals surface area contributed by atoms with Crippen molar-refractivity contribution in [3.8, 4) is 0 Å². The molecule has 0 unspecified atom stereocenters. The second kappa shape index (κ2) is 3.72. The van der Waals surface area contributed by atoms with Crippen LogP contribution in [-0.4, -0.2) is 12.2 Å². The molecule has 2 aliphatic rings. The van der Waals surface area contributed by atoms with Gasteiger partial charge in [-0.2, -0.15) is 0 Å². The minimum atomic E-state index is 0.295. The third kappa shape index (κ3) is 1.93. The molecule has 0 amide bonds. The van der Waals surface area contributed by atoms with Crippen molar-refractivity contribution in [1.82, 2.24) is 0 Å². The van der Waals surface area contributed by atoms with Crippen molar-refractivity contribution in [2.75, 3.05) is 0 Å². The van der Waals surface area contributed by atoms with Gasteiger partial charge in [0, 0.05) is 0 Å². The molecule has 1 heteroatoms. The monoisotopic (exact) mass is 152 g/mol. The maximum Gasteiger partial charge on any atom is 0.0949 e. The fourth-order valence-electron chi connectivity index (χ4n) is 1.40. The van der Waals surface area contributed by atoms with Crippen molar-refractivity contribution in [1.29, 1.82) is 0 Å². The number of hydrogen-bond acceptors (Lipinski definition) is 1. The van der Waals surface area contributed by atoms with E-state index in [1.807, 2.05) is 13.8 Å². The molecule has 0 spiro atoms. The van der Waals surface area contributed by atoms with Crippen LogP contribution in [0.15, 0.2) is 23.8 Å². The summed E-state index contributed by atoms with van der Waals surface area (Å²) in [5.74, 6) is 0. The fraction of sp³-hybridized carbons (Fsp3) is 0.600. The molecule has 62 valence electrons. The third-order valence-corrected chi connectivity index (χ3v) is 1.82. The van der Waals surface area contributed by atoms with Gasteiger partial charge in [0.2, 0.25) is 0 Å². The Balaban J connectivity index is 0.000000281. The van der Waals surface area contributed by atoms with Crippen molar-refractivity contribution in [2.45, 2.75) is 39.4 Å². The first-order chi connectivity index (χ1) is 5.34. The molecule has 0 fully saturated rings. The minimum Gasteiger partial charge on any atom is -0.362 e. The lowest BCUT2D eigenvalue weighted by Crippen LogP contribution is -2.15. The van der Waals surface area contributed by atoms with Crippen LogP contribution in [0.2, 0.25) is 0 Å². The van der Waals surface area contributed by atoms with E-state index in [1.165, 1.54) is 5.57 Å². The average molecular weight is 152 g/mol. The zero-order valence-electron chi connectivity index (χ0n) is 7.50. The standard InChI is InChI=1S/C8H10O.C2H6/c1-6-4-7-2-3-8(5-6)9-7;1-2/h2-4,7-8H,5H2,1H3;1-2H3/t7-,8+;/m1./s1. The van der Waals surface area contributed by atoms with Gasteiger partial charge in [0.25, 0.3) is 0 Å². The van der Waals surface area contributed by atoms with Gasteiger partial charge in [0.05, 0.1) is 12.2 Å². The van der Waals surface area contributed by atoms with Crippen molar-refractivity contribution >= 4 is 0 Å². The summed E-state index contributed by atoms with van der Waals surface area (Å²) in [6.07, 6.45) is 8.23. The van der Waals surface area contributed by atoms with Crippen molar-refractivity contribution < 1.29 is 4.74 Å². The highest BCUT2D eigenvalue weighted by Crippen LogP contribution is 2.25. The summed E-state index contributed by atoms with van der Waals surface area (Å²) < 4.78 is 5.48. The molecule has 0 aromatic carbocycles. The third-order valence-electron chi connectivity index (χ3n) is 1.82. The molecule has 0 aromatic rings. The van der Waals surface area contributed by atoms with Gasteiger partial charge in [0.15, 0.2) is 0 Å². The van der Waals surface area contributed by atoms with Crippen LogP contribution in [0.3, 0.4) is 0 Å². The highest BCUT2D eigenvalue weighted by atomic mass is 16.5. The molecule has 0 radical (unpaired) electrons. The molecule has 2 rings (SSSR count). The maximum atomic E-state index is 5.48. The average Bonchev–Trinajstić information content (AvgIpc) is 2.35. The first-order valence-corrected chi connectivity index (χ1v) is 4.36. The van der Waals surface area contributed by atoms with Crippen molar-refractivity contribution in [3.63, 3.8) is 0 Å². The zero-order valence-corrected chi connectivity index (χ0v) is 7.50. The number of rotatable bonds is 0. The molecule has 1 nitrogen and oxygen atoms in total. The van der Waals surface area contributed by atoms with E-state index in [0.717, 1.165) is 6.42 Å². The summed E-state index contributed by atoms with van der Waals surface area (Å²) in [7, 11) is 0. The molecule has 2 heterocycles. The van der Waals surface area contributed by atoms with Gasteiger partial charge in [0.1, 0.15) is 0 Å². The molecule has 2 aliphatic heterocycles. The Morgan fingerprint density at radius 1 is 1.36 bits per heavy atom. The zero-order chi connectivity index (χ0) is 8.27. The summed E-state index contributed by atoms with van der Waals surface area (Å²) in [4.78, 5) is 0. The SMILES string of the molecule is CC.CC1=C[C@H]2C=C[C@@H](C1)O2. The summed E-state index contributed by atoms with van der Waals surface area (Å²) in [5, 5.41) is 0. The normalized spacial score (nSPS) is 32.5. The molecule has 2 atom stereocenters. The maximum absolute atomic E-state index is 5.48. The predicted octanol–water partition coefficient (Wildman–Crippen LogP) is 2.69. The predicted molar refractivity (Wildman–Crippen MR) is 47.5 cm³/mol. The Hall–Kier alpha value is -0.560.